The number of amides is 2. The SMILES string of the molecule is C=CCON1C(=O)N2Cc3c(sc4ccccc34)C1C2. The molecule has 2 bridgehead atoms. The predicted molar refractivity (Wildman–Crippen MR) is 78.4 cm³/mol. The second-order valence-corrected chi connectivity index (χ2v) is 6.11. The van der Waals surface area contributed by atoms with E-state index in [1.165, 1.54) is 25.6 Å². The number of carbonyl (C=O) groups excluding carboxylic acids is 1. The number of nitrogens with zero attached hydrogens (tertiary/aromatic N) is 2. The zero-order valence-electron chi connectivity index (χ0n) is 10.9. The van der Waals surface area contributed by atoms with Gasteiger partial charge in [0, 0.05) is 16.1 Å². The second kappa shape index (κ2) is 4.33. The highest BCUT2D eigenvalue weighted by Crippen LogP contribution is 2.45. The molecule has 1 unspecified atom stereocenters. The minimum Gasteiger partial charge on any atom is -0.316 e. The van der Waals surface area contributed by atoms with E-state index in [-0.39, 0.29) is 12.1 Å². The number of hydroxylamine groups is 2. The van der Waals surface area contributed by atoms with Crippen LogP contribution in [-0.4, -0.2) is 29.1 Å². The fourth-order valence-electron chi connectivity index (χ4n) is 2.97. The summed E-state index contributed by atoms with van der Waals surface area (Å²) >= 11 is 1.77. The van der Waals surface area contributed by atoms with Crippen molar-refractivity contribution in [1.29, 1.82) is 0 Å². The summed E-state index contributed by atoms with van der Waals surface area (Å²) in [6.45, 7) is 5.40. The summed E-state index contributed by atoms with van der Waals surface area (Å²) in [7, 11) is 0. The smallest absolute Gasteiger partial charge is 0.316 e. The molecule has 0 saturated carbocycles. The molecule has 1 aromatic heterocycles. The Balaban J connectivity index is 1.81. The first-order chi connectivity index (χ1) is 9.79. The van der Waals surface area contributed by atoms with E-state index in [4.69, 9.17) is 4.84 Å². The monoisotopic (exact) mass is 286 g/mol. The lowest BCUT2D eigenvalue weighted by Gasteiger charge is -2.22. The molecule has 2 aromatic rings. The minimum absolute atomic E-state index is 0.0172. The van der Waals surface area contributed by atoms with Crippen molar-refractivity contribution in [1.82, 2.24) is 9.96 Å². The first-order valence-corrected chi connectivity index (χ1v) is 7.43. The Hall–Kier alpha value is -1.85. The summed E-state index contributed by atoms with van der Waals surface area (Å²) in [5, 5.41) is 2.78. The van der Waals surface area contributed by atoms with Crippen molar-refractivity contribution < 1.29 is 9.63 Å². The van der Waals surface area contributed by atoms with E-state index in [9.17, 15) is 4.79 Å². The molecule has 20 heavy (non-hydrogen) atoms. The van der Waals surface area contributed by atoms with Crippen LogP contribution in [0, 0.1) is 0 Å². The summed E-state index contributed by atoms with van der Waals surface area (Å²) in [5.74, 6) is 0. The van der Waals surface area contributed by atoms with Gasteiger partial charge >= 0.3 is 6.03 Å². The molecule has 102 valence electrons. The molecule has 0 aliphatic carbocycles. The van der Waals surface area contributed by atoms with Gasteiger partial charge in [0.2, 0.25) is 0 Å². The van der Waals surface area contributed by atoms with Crippen LogP contribution < -0.4 is 0 Å². The Bertz CT molecular complexity index is 709. The zero-order valence-corrected chi connectivity index (χ0v) is 11.7. The summed E-state index contributed by atoms with van der Waals surface area (Å²) in [5.41, 5.74) is 1.28. The third-order valence-corrected chi connectivity index (χ3v) is 5.16. The van der Waals surface area contributed by atoms with Gasteiger partial charge in [-0.3, -0.25) is 4.84 Å². The van der Waals surface area contributed by atoms with Gasteiger partial charge in [-0.25, -0.2) is 4.79 Å². The minimum atomic E-state index is -0.0377. The lowest BCUT2D eigenvalue weighted by Crippen LogP contribution is -2.30. The van der Waals surface area contributed by atoms with Crippen molar-refractivity contribution in [3.63, 3.8) is 0 Å². The molecular weight excluding hydrogens is 272 g/mol. The molecule has 1 fully saturated rings. The normalized spacial score (nSPS) is 20.6. The Morgan fingerprint density at radius 1 is 1.45 bits per heavy atom. The standard InChI is InChI=1S/C15H14N2O2S/c1-2-7-19-17-12-9-16(15(17)18)8-11-10-5-3-4-6-13(10)20-14(11)12/h2-6,12H,1,7-9H2. The number of urea groups is 1. The molecule has 4 rings (SSSR count). The van der Waals surface area contributed by atoms with Crippen LogP contribution in [0.5, 0.6) is 0 Å². The Morgan fingerprint density at radius 3 is 3.15 bits per heavy atom. The molecule has 5 heteroatoms. The second-order valence-electron chi connectivity index (χ2n) is 5.03. The van der Waals surface area contributed by atoms with Crippen LogP contribution in [0.25, 0.3) is 10.1 Å². The maximum absolute atomic E-state index is 12.3. The third-order valence-electron chi connectivity index (χ3n) is 3.85. The van der Waals surface area contributed by atoms with Crippen LogP contribution in [0.4, 0.5) is 4.79 Å². The topological polar surface area (TPSA) is 32.8 Å². The van der Waals surface area contributed by atoms with Gasteiger partial charge in [0.1, 0.15) is 6.04 Å². The maximum atomic E-state index is 12.3. The molecule has 2 aliphatic heterocycles. The summed E-state index contributed by atoms with van der Waals surface area (Å²) in [6.07, 6.45) is 1.66. The van der Waals surface area contributed by atoms with E-state index in [2.05, 4.69) is 30.8 Å². The Labute approximate surface area is 120 Å². The summed E-state index contributed by atoms with van der Waals surface area (Å²) < 4.78 is 1.28. The van der Waals surface area contributed by atoms with Crippen LogP contribution in [0.15, 0.2) is 36.9 Å². The van der Waals surface area contributed by atoms with Crippen LogP contribution in [0.2, 0.25) is 0 Å². The van der Waals surface area contributed by atoms with E-state index in [0.717, 1.165) is 6.54 Å². The van der Waals surface area contributed by atoms with Gasteiger partial charge < -0.3 is 4.90 Å². The van der Waals surface area contributed by atoms with Crippen molar-refractivity contribution in [3.05, 3.63) is 47.4 Å². The van der Waals surface area contributed by atoms with Gasteiger partial charge in [-0.2, -0.15) is 5.06 Å². The van der Waals surface area contributed by atoms with Gasteiger partial charge in [-0.1, -0.05) is 24.3 Å². The molecule has 1 aromatic carbocycles. The number of rotatable bonds is 3. The molecule has 0 N–H and O–H groups in total. The molecule has 1 atom stereocenters. The van der Waals surface area contributed by atoms with E-state index >= 15 is 0 Å². The first-order valence-electron chi connectivity index (χ1n) is 6.62. The largest absolute Gasteiger partial charge is 0.345 e. The summed E-state index contributed by atoms with van der Waals surface area (Å²) in [6, 6.07) is 8.36. The summed E-state index contributed by atoms with van der Waals surface area (Å²) in [4.78, 5) is 21.0. The number of benzene rings is 1. The fraction of sp³-hybridized carbons (Fsp3) is 0.267. The lowest BCUT2D eigenvalue weighted by atomic mass is 10.0. The average molecular weight is 286 g/mol. The van der Waals surface area contributed by atoms with Crippen LogP contribution >= 0.6 is 11.3 Å². The quantitative estimate of drug-likeness (QED) is 0.811. The van der Waals surface area contributed by atoms with Crippen molar-refractivity contribution in [2.45, 2.75) is 12.6 Å². The van der Waals surface area contributed by atoms with E-state index in [1.807, 2.05) is 4.90 Å². The fourth-order valence-corrected chi connectivity index (χ4v) is 4.26. The van der Waals surface area contributed by atoms with Gasteiger partial charge in [-0.15, -0.1) is 17.9 Å². The molecular formula is C15H14N2O2S. The molecule has 2 amide bonds. The number of hydrogen-bond acceptors (Lipinski definition) is 3. The van der Waals surface area contributed by atoms with Crippen molar-refractivity contribution >= 4 is 27.5 Å². The number of thiophene rings is 1. The Kier molecular flexibility index (Phi) is 2.58. The zero-order chi connectivity index (χ0) is 13.7. The van der Waals surface area contributed by atoms with Crippen molar-refractivity contribution in [2.24, 2.45) is 0 Å². The van der Waals surface area contributed by atoms with Crippen LogP contribution in [-0.2, 0) is 11.4 Å². The number of carbonyl (C=O) groups is 1. The number of fused-ring (bicyclic) bond motifs is 6. The Morgan fingerprint density at radius 2 is 2.30 bits per heavy atom. The van der Waals surface area contributed by atoms with Gasteiger partial charge in [0.15, 0.2) is 0 Å². The molecule has 4 nitrogen and oxygen atoms in total. The van der Waals surface area contributed by atoms with E-state index in [0.29, 0.717) is 13.2 Å². The van der Waals surface area contributed by atoms with Crippen molar-refractivity contribution in [2.75, 3.05) is 13.2 Å². The van der Waals surface area contributed by atoms with Gasteiger partial charge in [-0.05, 0) is 17.0 Å². The first kappa shape index (κ1) is 11.9. The van der Waals surface area contributed by atoms with Crippen LogP contribution in [0.3, 0.4) is 0 Å². The molecule has 0 radical (unpaired) electrons. The highest BCUT2D eigenvalue weighted by molar-refractivity contribution is 7.19. The van der Waals surface area contributed by atoms with E-state index < -0.39 is 0 Å². The van der Waals surface area contributed by atoms with Gasteiger partial charge in [0.05, 0.1) is 13.2 Å². The lowest BCUT2D eigenvalue weighted by molar-refractivity contribution is -0.118. The third kappa shape index (κ3) is 1.53. The molecule has 1 saturated heterocycles. The number of hydrogen-bond donors (Lipinski definition) is 0. The maximum Gasteiger partial charge on any atom is 0.345 e. The van der Waals surface area contributed by atoms with E-state index in [1.54, 1.807) is 17.4 Å². The van der Waals surface area contributed by atoms with Crippen LogP contribution in [0.1, 0.15) is 16.5 Å². The van der Waals surface area contributed by atoms with Gasteiger partial charge in [0.25, 0.3) is 0 Å². The average Bonchev–Trinajstić information content (AvgIpc) is 2.96. The highest BCUT2D eigenvalue weighted by Gasteiger charge is 2.45. The molecule has 0 spiro atoms. The molecule has 3 heterocycles. The predicted octanol–water partition coefficient (Wildman–Crippen LogP) is 3.31. The highest BCUT2D eigenvalue weighted by atomic mass is 32.1. The van der Waals surface area contributed by atoms with Crippen molar-refractivity contribution in [3.8, 4) is 0 Å². The molecule has 2 aliphatic rings.